The van der Waals surface area contributed by atoms with E-state index in [2.05, 4.69) is 10.1 Å². The molecule has 29 heavy (non-hydrogen) atoms. The van der Waals surface area contributed by atoms with Crippen LogP contribution in [-0.4, -0.2) is 46.5 Å². The van der Waals surface area contributed by atoms with Crippen LogP contribution in [0, 0.1) is 6.92 Å². The first-order valence-electron chi connectivity index (χ1n) is 9.41. The van der Waals surface area contributed by atoms with E-state index >= 15 is 0 Å². The Kier molecular flexibility index (Phi) is 6.60. The van der Waals surface area contributed by atoms with Crippen LogP contribution < -0.4 is 4.80 Å². The van der Waals surface area contributed by atoms with Gasteiger partial charge in [-0.1, -0.05) is 11.3 Å². The van der Waals surface area contributed by atoms with E-state index in [-0.39, 0.29) is 0 Å². The van der Waals surface area contributed by atoms with Gasteiger partial charge in [-0.25, -0.2) is 4.79 Å². The second kappa shape index (κ2) is 9.15. The van der Waals surface area contributed by atoms with E-state index in [4.69, 9.17) is 9.47 Å². The molecule has 0 radical (unpaired) electrons. The summed E-state index contributed by atoms with van der Waals surface area (Å²) in [5.74, 6) is -0.804. The number of ether oxygens (including phenoxy) is 2. The number of nitrogens with zero attached hydrogens (tertiary/aromatic N) is 4. The number of fused-ring (bicyclic) bond motifs is 1. The number of carbonyl (C=O) groups is 2. The molecule has 0 atom stereocenters. The fraction of sp³-hybridized carbons (Fsp3) is 0.400. The van der Waals surface area contributed by atoms with Crippen molar-refractivity contribution < 1.29 is 19.1 Å². The van der Waals surface area contributed by atoms with E-state index in [1.54, 1.807) is 22.9 Å². The molecule has 1 aromatic carbocycles. The average molecular weight is 417 g/mol. The van der Waals surface area contributed by atoms with Gasteiger partial charge in [0, 0.05) is 25.4 Å². The topological polar surface area (TPSA) is 87.7 Å². The summed E-state index contributed by atoms with van der Waals surface area (Å²) in [5, 5.41) is 4.31. The molecule has 9 heteroatoms. The van der Waals surface area contributed by atoms with Crippen LogP contribution in [0.15, 0.2) is 29.3 Å². The van der Waals surface area contributed by atoms with Crippen molar-refractivity contribution >= 4 is 33.4 Å². The summed E-state index contributed by atoms with van der Waals surface area (Å²) in [6.45, 7) is 8.13. The SMILES string of the molecule is CCOCCn1c(=NC(=O)c2cc(C)n(CC)n2)sc2cc(C(=O)OC)ccc21. The van der Waals surface area contributed by atoms with Gasteiger partial charge in [-0.15, -0.1) is 0 Å². The van der Waals surface area contributed by atoms with Crippen LogP contribution in [0.1, 0.15) is 40.4 Å². The van der Waals surface area contributed by atoms with E-state index in [1.165, 1.54) is 18.4 Å². The molecule has 1 amide bonds. The number of esters is 1. The summed E-state index contributed by atoms with van der Waals surface area (Å²) in [5.41, 5.74) is 2.56. The fourth-order valence-electron chi connectivity index (χ4n) is 3.00. The summed E-state index contributed by atoms with van der Waals surface area (Å²) in [7, 11) is 1.35. The molecular weight excluding hydrogens is 392 g/mol. The molecular formula is C20H24N4O4S. The van der Waals surface area contributed by atoms with Crippen molar-refractivity contribution in [1.29, 1.82) is 0 Å². The number of methoxy groups -OCH3 is 1. The number of amides is 1. The van der Waals surface area contributed by atoms with Crippen molar-refractivity contribution in [2.75, 3.05) is 20.3 Å². The van der Waals surface area contributed by atoms with E-state index in [9.17, 15) is 9.59 Å². The molecule has 0 unspecified atom stereocenters. The number of hydrogen-bond acceptors (Lipinski definition) is 6. The van der Waals surface area contributed by atoms with Crippen molar-refractivity contribution in [2.24, 2.45) is 4.99 Å². The minimum atomic E-state index is -0.406. The first kappa shape index (κ1) is 20.9. The first-order valence-corrected chi connectivity index (χ1v) is 10.2. The molecule has 8 nitrogen and oxygen atoms in total. The van der Waals surface area contributed by atoms with Gasteiger partial charge in [-0.2, -0.15) is 10.1 Å². The predicted molar refractivity (Wildman–Crippen MR) is 110 cm³/mol. The maximum atomic E-state index is 12.7. The number of aryl methyl sites for hydroxylation is 2. The van der Waals surface area contributed by atoms with Crippen molar-refractivity contribution in [2.45, 2.75) is 33.9 Å². The zero-order chi connectivity index (χ0) is 21.0. The molecule has 3 rings (SSSR count). The minimum absolute atomic E-state index is 0.313. The van der Waals surface area contributed by atoms with E-state index < -0.39 is 11.9 Å². The molecule has 3 aromatic rings. The van der Waals surface area contributed by atoms with Gasteiger partial charge >= 0.3 is 5.97 Å². The molecule has 0 aliphatic heterocycles. The molecule has 0 aliphatic carbocycles. The zero-order valence-electron chi connectivity index (χ0n) is 17.0. The van der Waals surface area contributed by atoms with Gasteiger partial charge < -0.3 is 14.0 Å². The van der Waals surface area contributed by atoms with Crippen molar-refractivity contribution in [3.05, 3.63) is 46.0 Å². The van der Waals surface area contributed by atoms with E-state index in [1.807, 2.05) is 31.4 Å². The molecule has 2 heterocycles. The summed E-state index contributed by atoms with van der Waals surface area (Å²) in [4.78, 5) is 29.4. The van der Waals surface area contributed by atoms with Crippen LogP contribution in [-0.2, 0) is 22.6 Å². The summed E-state index contributed by atoms with van der Waals surface area (Å²) in [6.07, 6.45) is 0. The van der Waals surface area contributed by atoms with Gasteiger partial charge in [0.05, 0.1) is 29.5 Å². The molecule has 0 aliphatic rings. The number of rotatable bonds is 7. The Morgan fingerprint density at radius 2 is 2.03 bits per heavy atom. The zero-order valence-corrected chi connectivity index (χ0v) is 17.8. The number of carbonyl (C=O) groups excluding carboxylic acids is 2. The average Bonchev–Trinajstić information content (AvgIpc) is 3.27. The second-order valence-electron chi connectivity index (χ2n) is 6.31. The van der Waals surface area contributed by atoms with Crippen LogP contribution in [0.5, 0.6) is 0 Å². The Morgan fingerprint density at radius 1 is 1.24 bits per heavy atom. The highest BCUT2D eigenvalue weighted by Crippen LogP contribution is 2.20. The number of benzene rings is 1. The Hall–Kier alpha value is -2.78. The van der Waals surface area contributed by atoms with E-state index in [0.717, 1.165) is 15.9 Å². The van der Waals surface area contributed by atoms with Crippen molar-refractivity contribution in [3.63, 3.8) is 0 Å². The van der Waals surface area contributed by atoms with Crippen molar-refractivity contribution in [1.82, 2.24) is 14.3 Å². The Balaban J connectivity index is 2.07. The minimum Gasteiger partial charge on any atom is -0.465 e. The van der Waals surface area contributed by atoms with Gasteiger partial charge in [0.25, 0.3) is 5.91 Å². The lowest BCUT2D eigenvalue weighted by Gasteiger charge is -2.06. The second-order valence-corrected chi connectivity index (χ2v) is 7.32. The largest absolute Gasteiger partial charge is 0.465 e. The van der Waals surface area contributed by atoms with Crippen LogP contribution in [0.2, 0.25) is 0 Å². The number of hydrogen-bond donors (Lipinski definition) is 0. The third kappa shape index (κ3) is 4.46. The van der Waals surface area contributed by atoms with Gasteiger partial charge in [0.15, 0.2) is 10.5 Å². The Labute approximate surface area is 172 Å². The maximum Gasteiger partial charge on any atom is 0.337 e. The highest BCUT2D eigenvalue weighted by atomic mass is 32.1. The fourth-order valence-corrected chi connectivity index (χ4v) is 4.09. The summed E-state index contributed by atoms with van der Waals surface area (Å²) in [6, 6.07) is 7.03. The third-order valence-corrected chi connectivity index (χ3v) is 5.51. The lowest BCUT2D eigenvalue weighted by Crippen LogP contribution is -2.20. The standard InChI is InChI=1S/C20H24N4O4S/c1-5-24-13(3)11-15(22-24)18(25)21-20-23(9-10-28-6-2)16-8-7-14(19(26)27-4)12-17(16)29-20/h7-8,11-12H,5-6,9-10H2,1-4H3. The highest BCUT2D eigenvalue weighted by Gasteiger charge is 2.14. The number of thiazole rings is 1. The lowest BCUT2D eigenvalue weighted by atomic mass is 10.2. The van der Waals surface area contributed by atoms with Crippen LogP contribution in [0.4, 0.5) is 0 Å². The molecule has 0 bridgehead atoms. The van der Waals surface area contributed by atoms with Gasteiger partial charge in [0.1, 0.15) is 0 Å². The van der Waals surface area contributed by atoms with Crippen molar-refractivity contribution in [3.8, 4) is 0 Å². The van der Waals surface area contributed by atoms with Crippen LogP contribution in [0.25, 0.3) is 10.2 Å². The smallest absolute Gasteiger partial charge is 0.337 e. The molecule has 0 saturated carbocycles. The molecule has 154 valence electrons. The quantitative estimate of drug-likeness (QED) is 0.437. The predicted octanol–water partition coefficient (Wildman–Crippen LogP) is 2.79. The monoisotopic (exact) mass is 416 g/mol. The third-order valence-electron chi connectivity index (χ3n) is 4.46. The normalized spacial score (nSPS) is 11.9. The molecule has 0 N–H and O–H groups in total. The lowest BCUT2D eigenvalue weighted by molar-refractivity contribution is 0.0600. The molecule has 0 saturated heterocycles. The highest BCUT2D eigenvalue weighted by molar-refractivity contribution is 7.16. The van der Waals surface area contributed by atoms with Gasteiger partial charge in [0.2, 0.25) is 0 Å². The van der Waals surface area contributed by atoms with E-state index in [0.29, 0.717) is 42.4 Å². The summed E-state index contributed by atoms with van der Waals surface area (Å²) < 4.78 is 14.8. The number of aromatic nitrogens is 3. The first-order chi connectivity index (χ1) is 14.0. The molecule has 0 fully saturated rings. The van der Waals surface area contributed by atoms with Gasteiger partial charge in [-0.3, -0.25) is 9.48 Å². The Bertz CT molecular complexity index is 1110. The molecule has 2 aromatic heterocycles. The summed E-state index contributed by atoms with van der Waals surface area (Å²) >= 11 is 1.34. The van der Waals surface area contributed by atoms with Crippen LogP contribution >= 0.6 is 11.3 Å². The van der Waals surface area contributed by atoms with Gasteiger partial charge in [-0.05, 0) is 45.0 Å². The molecule has 0 spiro atoms. The maximum absolute atomic E-state index is 12.7. The Morgan fingerprint density at radius 3 is 2.69 bits per heavy atom. The van der Waals surface area contributed by atoms with Crippen LogP contribution in [0.3, 0.4) is 0 Å².